The first-order valence-corrected chi connectivity index (χ1v) is 9.66. The Labute approximate surface area is 177 Å². The molecule has 0 saturated heterocycles. The second kappa shape index (κ2) is 7.84. The summed E-state index contributed by atoms with van der Waals surface area (Å²) in [5, 5.41) is 4.67. The van der Waals surface area contributed by atoms with Crippen molar-refractivity contribution in [1.29, 1.82) is 0 Å². The molecule has 3 aromatic carbocycles. The fourth-order valence-corrected chi connectivity index (χ4v) is 3.30. The molecule has 0 aliphatic carbocycles. The summed E-state index contributed by atoms with van der Waals surface area (Å²) in [5.74, 6) is -0.602. The molecule has 1 aliphatic heterocycles. The van der Waals surface area contributed by atoms with Crippen molar-refractivity contribution in [3.8, 4) is 16.9 Å². The molecule has 0 N–H and O–H groups in total. The van der Waals surface area contributed by atoms with Gasteiger partial charge in [0.1, 0.15) is 11.5 Å². The van der Waals surface area contributed by atoms with Crippen molar-refractivity contribution >= 4 is 17.9 Å². The predicted octanol–water partition coefficient (Wildman–Crippen LogP) is 5.02. The average molecular weight is 409 g/mol. The number of cyclic esters (lactones) is 1. The summed E-state index contributed by atoms with van der Waals surface area (Å²) in [4.78, 5) is 16.8. The third-order valence-corrected chi connectivity index (χ3v) is 4.81. The summed E-state index contributed by atoms with van der Waals surface area (Å²) in [6.45, 7) is 0. The van der Waals surface area contributed by atoms with Crippen LogP contribution in [-0.4, -0.2) is 21.6 Å². The van der Waals surface area contributed by atoms with Crippen LogP contribution in [0.4, 0.5) is 4.39 Å². The van der Waals surface area contributed by atoms with E-state index >= 15 is 0 Å². The van der Waals surface area contributed by atoms with E-state index < -0.39 is 5.97 Å². The minimum Gasteiger partial charge on any atom is -0.402 e. The Bertz CT molecular complexity index is 1310. The topological polar surface area (TPSA) is 56.5 Å². The van der Waals surface area contributed by atoms with E-state index in [9.17, 15) is 9.18 Å². The van der Waals surface area contributed by atoms with E-state index in [1.54, 1.807) is 22.9 Å². The van der Waals surface area contributed by atoms with E-state index in [4.69, 9.17) is 4.74 Å². The van der Waals surface area contributed by atoms with Crippen LogP contribution in [0.5, 0.6) is 0 Å². The third-order valence-electron chi connectivity index (χ3n) is 4.81. The van der Waals surface area contributed by atoms with E-state index in [2.05, 4.69) is 10.1 Å². The van der Waals surface area contributed by atoms with Crippen LogP contribution in [0.15, 0.2) is 102 Å². The molecule has 0 bridgehead atoms. The number of benzene rings is 3. The van der Waals surface area contributed by atoms with Crippen LogP contribution in [0.2, 0.25) is 0 Å². The monoisotopic (exact) mass is 409 g/mol. The average Bonchev–Trinajstić information content (AvgIpc) is 3.40. The number of aliphatic imine (C=N–C) groups is 1. The molecule has 0 atom stereocenters. The fourth-order valence-electron chi connectivity index (χ4n) is 3.30. The second-order valence-corrected chi connectivity index (χ2v) is 6.92. The third kappa shape index (κ3) is 3.79. The summed E-state index contributed by atoms with van der Waals surface area (Å²) in [6.07, 6.45) is 3.45. The summed E-state index contributed by atoms with van der Waals surface area (Å²) >= 11 is 0. The van der Waals surface area contributed by atoms with Crippen molar-refractivity contribution in [2.75, 3.05) is 0 Å². The minimum atomic E-state index is -0.531. The molecule has 5 rings (SSSR count). The van der Waals surface area contributed by atoms with Crippen molar-refractivity contribution < 1.29 is 13.9 Å². The first-order chi connectivity index (χ1) is 15.2. The lowest BCUT2D eigenvalue weighted by Crippen LogP contribution is -2.04. The molecule has 31 heavy (non-hydrogen) atoms. The molecular formula is C25H16FN3O2. The first kappa shape index (κ1) is 18.7. The zero-order chi connectivity index (χ0) is 21.2. The van der Waals surface area contributed by atoms with Crippen LogP contribution in [0.25, 0.3) is 23.0 Å². The number of carbonyl (C=O) groups excluding carboxylic acids is 1. The smallest absolute Gasteiger partial charge is 0.363 e. The number of nitrogens with zero attached hydrogens (tertiary/aromatic N) is 3. The lowest BCUT2D eigenvalue weighted by molar-refractivity contribution is -0.129. The normalized spacial score (nSPS) is 14.5. The molecule has 0 fully saturated rings. The number of rotatable bonds is 4. The van der Waals surface area contributed by atoms with Gasteiger partial charge in [-0.05, 0) is 54.6 Å². The van der Waals surface area contributed by atoms with Gasteiger partial charge in [0.25, 0.3) is 0 Å². The van der Waals surface area contributed by atoms with Gasteiger partial charge in [0.05, 0.1) is 5.69 Å². The van der Waals surface area contributed by atoms with Gasteiger partial charge in [0.15, 0.2) is 5.70 Å². The quantitative estimate of drug-likeness (QED) is 0.351. The van der Waals surface area contributed by atoms with E-state index in [1.165, 1.54) is 12.1 Å². The fraction of sp³-hybridized carbons (Fsp3) is 0. The van der Waals surface area contributed by atoms with Gasteiger partial charge in [-0.1, -0.05) is 36.4 Å². The van der Waals surface area contributed by atoms with Crippen LogP contribution in [0.1, 0.15) is 11.1 Å². The standard InChI is InChI=1S/C25H16FN3O2/c26-20-13-11-17(12-14-20)23-19(16-29(28-23)21-9-5-2-6-10-21)15-22-25(30)31-24(27-22)18-7-3-1-4-8-18/h1-16H/b22-15-. The van der Waals surface area contributed by atoms with Crippen molar-refractivity contribution in [1.82, 2.24) is 9.78 Å². The molecule has 0 radical (unpaired) electrons. The maximum absolute atomic E-state index is 13.4. The van der Waals surface area contributed by atoms with Gasteiger partial charge < -0.3 is 4.74 Å². The number of hydrogen-bond acceptors (Lipinski definition) is 4. The van der Waals surface area contributed by atoms with Gasteiger partial charge in [0, 0.05) is 22.9 Å². The van der Waals surface area contributed by atoms with Gasteiger partial charge in [-0.15, -0.1) is 0 Å². The molecule has 0 amide bonds. The zero-order valence-electron chi connectivity index (χ0n) is 16.3. The number of carbonyl (C=O) groups is 1. The van der Waals surface area contributed by atoms with Crippen LogP contribution in [-0.2, 0) is 9.53 Å². The molecular weight excluding hydrogens is 393 g/mol. The number of hydrogen-bond donors (Lipinski definition) is 0. The molecule has 5 nitrogen and oxygen atoms in total. The Kier molecular flexibility index (Phi) is 4.72. The van der Waals surface area contributed by atoms with Gasteiger partial charge in [-0.25, -0.2) is 18.9 Å². The van der Waals surface area contributed by atoms with Crippen molar-refractivity contribution in [3.05, 3.63) is 114 Å². The van der Waals surface area contributed by atoms with Crippen LogP contribution in [0, 0.1) is 5.82 Å². The van der Waals surface area contributed by atoms with Gasteiger partial charge in [-0.2, -0.15) is 5.10 Å². The molecule has 6 heteroatoms. The predicted molar refractivity (Wildman–Crippen MR) is 116 cm³/mol. The highest BCUT2D eigenvalue weighted by molar-refractivity contribution is 6.13. The number of ether oxygens (including phenoxy) is 1. The van der Waals surface area contributed by atoms with Crippen molar-refractivity contribution in [2.24, 2.45) is 4.99 Å². The summed E-state index contributed by atoms with van der Waals surface area (Å²) in [5.41, 5.74) is 3.75. The number of para-hydroxylation sites is 1. The van der Waals surface area contributed by atoms with Crippen LogP contribution < -0.4 is 0 Å². The highest BCUT2D eigenvalue weighted by Gasteiger charge is 2.25. The summed E-state index contributed by atoms with van der Waals surface area (Å²) < 4.78 is 20.5. The summed E-state index contributed by atoms with van der Waals surface area (Å²) in [7, 11) is 0. The Hall–Kier alpha value is -4.32. The largest absolute Gasteiger partial charge is 0.402 e. The molecule has 0 unspecified atom stereocenters. The number of esters is 1. The van der Waals surface area contributed by atoms with Gasteiger partial charge in [-0.3, -0.25) is 0 Å². The lowest BCUT2D eigenvalue weighted by atomic mass is 10.1. The molecule has 4 aromatic rings. The summed E-state index contributed by atoms with van der Waals surface area (Å²) in [6, 6.07) is 24.9. The number of halogens is 1. The van der Waals surface area contributed by atoms with E-state index in [-0.39, 0.29) is 17.4 Å². The van der Waals surface area contributed by atoms with E-state index in [0.29, 0.717) is 11.3 Å². The molecule has 0 saturated carbocycles. The molecule has 1 aliphatic rings. The Morgan fingerprint density at radius 2 is 1.52 bits per heavy atom. The molecule has 2 heterocycles. The van der Waals surface area contributed by atoms with E-state index in [0.717, 1.165) is 16.8 Å². The SMILES string of the molecule is O=C1OC(c2ccccc2)=N/C1=C\c1cn(-c2ccccc2)nc1-c1ccc(F)cc1. The highest BCUT2D eigenvalue weighted by Crippen LogP contribution is 2.28. The number of aromatic nitrogens is 2. The zero-order valence-corrected chi connectivity index (χ0v) is 16.3. The Morgan fingerprint density at radius 3 is 2.23 bits per heavy atom. The molecule has 150 valence electrons. The van der Waals surface area contributed by atoms with E-state index in [1.807, 2.05) is 66.9 Å². The van der Waals surface area contributed by atoms with Crippen LogP contribution in [0.3, 0.4) is 0 Å². The first-order valence-electron chi connectivity index (χ1n) is 9.66. The van der Waals surface area contributed by atoms with Crippen molar-refractivity contribution in [2.45, 2.75) is 0 Å². The van der Waals surface area contributed by atoms with Gasteiger partial charge >= 0.3 is 5.97 Å². The Morgan fingerprint density at radius 1 is 0.839 bits per heavy atom. The highest BCUT2D eigenvalue weighted by atomic mass is 19.1. The second-order valence-electron chi connectivity index (χ2n) is 6.92. The van der Waals surface area contributed by atoms with Gasteiger partial charge in [0.2, 0.25) is 5.90 Å². The molecule has 0 spiro atoms. The molecule has 1 aromatic heterocycles. The Balaban J connectivity index is 1.61. The lowest BCUT2D eigenvalue weighted by Gasteiger charge is -2.00. The maximum Gasteiger partial charge on any atom is 0.363 e. The minimum absolute atomic E-state index is 0.176. The van der Waals surface area contributed by atoms with Crippen LogP contribution >= 0.6 is 0 Å². The van der Waals surface area contributed by atoms with Crippen molar-refractivity contribution in [3.63, 3.8) is 0 Å². The maximum atomic E-state index is 13.4.